The van der Waals surface area contributed by atoms with Crippen molar-refractivity contribution in [1.29, 1.82) is 0 Å². The average molecular weight is 238 g/mol. The van der Waals surface area contributed by atoms with Crippen LogP contribution >= 0.6 is 11.3 Å². The Hall–Kier alpha value is -0.640. The van der Waals surface area contributed by atoms with Crippen LogP contribution in [0.25, 0.3) is 0 Å². The Kier molecular flexibility index (Phi) is 4.71. The van der Waals surface area contributed by atoms with Crippen LogP contribution in [0.4, 0.5) is 0 Å². The van der Waals surface area contributed by atoms with Gasteiger partial charge in [-0.25, -0.2) is 0 Å². The van der Waals surface area contributed by atoms with Crippen LogP contribution in [0.5, 0.6) is 0 Å². The van der Waals surface area contributed by atoms with Crippen molar-refractivity contribution in [3.05, 3.63) is 34.5 Å². The zero-order valence-corrected chi connectivity index (χ0v) is 11.2. The maximum atomic E-state index is 5.77. The molecule has 3 heteroatoms. The van der Waals surface area contributed by atoms with Gasteiger partial charge in [0.05, 0.1) is 6.04 Å². The summed E-state index contributed by atoms with van der Waals surface area (Å²) in [5.74, 6) is 0. The summed E-state index contributed by atoms with van der Waals surface area (Å²) < 4.78 is 0. The maximum absolute atomic E-state index is 5.77. The van der Waals surface area contributed by atoms with Gasteiger partial charge in [-0.05, 0) is 17.5 Å². The summed E-state index contributed by atoms with van der Waals surface area (Å²) in [4.78, 5) is 2.72. The highest BCUT2D eigenvalue weighted by Crippen LogP contribution is 2.31. The van der Waals surface area contributed by atoms with E-state index in [1.807, 2.05) is 17.4 Å². The largest absolute Gasteiger partial charge is 0.329 e. The lowest BCUT2D eigenvalue weighted by Crippen LogP contribution is -2.27. The Balaban J connectivity index is 2.78. The van der Waals surface area contributed by atoms with Crippen LogP contribution in [0, 0.1) is 0 Å². The monoisotopic (exact) mass is 238 g/mol. The Morgan fingerprint density at radius 1 is 1.50 bits per heavy atom. The van der Waals surface area contributed by atoms with E-state index in [0.717, 1.165) is 6.54 Å². The second-order valence-electron chi connectivity index (χ2n) is 4.94. The van der Waals surface area contributed by atoms with Crippen LogP contribution in [0.2, 0.25) is 0 Å². The molecule has 1 aromatic rings. The Morgan fingerprint density at radius 2 is 2.19 bits per heavy atom. The molecule has 0 aliphatic rings. The van der Waals surface area contributed by atoms with E-state index in [4.69, 9.17) is 5.73 Å². The Morgan fingerprint density at radius 3 is 2.62 bits per heavy atom. The van der Waals surface area contributed by atoms with Crippen molar-refractivity contribution in [2.45, 2.75) is 32.2 Å². The summed E-state index contributed by atoms with van der Waals surface area (Å²) in [5, 5.41) is 3.37. The molecule has 1 unspecified atom stereocenters. The number of nitrogens with one attached hydrogen (secondary N) is 1. The molecule has 0 aliphatic carbocycles. The lowest BCUT2D eigenvalue weighted by Gasteiger charge is -2.17. The van der Waals surface area contributed by atoms with E-state index >= 15 is 0 Å². The molecule has 16 heavy (non-hydrogen) atoms. The molecule has 3 N–H and O–H groups in total. The van der Waals surface area contributed by atoms with Crippen LogP contribution < -0.4 is 11.1 Å². The standard InChI is InChI=1S/C13H22N2S/c1-5-8-15-10(9-14)11-6-7-12(16-11)13(2,3)4/h5-7,10,15H,1,8-9,14H2,2-4H3. The van der Waals surface area contributed by atoms with Gasteiger partial charge in [-0.2, -0.15) is 0 Å². The Labute approximate surface area is 103 Å². The van der Waals surface area contributed by atoms with Gasteiger partial charge in [-0.3, -0.25) is 0 Å². The molecule has 0 bridgehead atoms. The summed E-state index contributed by atoms with van der Waals surface area (Å²) in [6.45, 7) is 11.8. The minimum atomic E-state index is 0.223. The average Bonchev–Trinajstić information content (AvgIpc) is 2.68. The molecule has 2 nitrogen and oxygen atoms in total. The van der Waals surface area contributed by atoms with Gasteiger partial charge < -0.3 is 11.1 Å². The summed E-state index contributed by atoms with van der Waals surface area (Å²) >= 11 is 1.85. The van der Waals surface area contributed by atoms with Gasteiger partial charge in [-0.15, -0.1) is 17.9 Å². The molecule has 0 spiro atoms. The third-order valence-corrected chi connectivity index (χ3v) is 4.08. The van der Waals surface area contributed by atoms with Crippen LogP contribution in [-0.4, -0.2) is 13.1 Å². The summed E-state index contributed by atoms with van der Waals surface area (Å²) in [6.07, 6.45) is 1.86. The number of nitrogens with two attached hydrogens (primary N) is 1. The van der Waals surface area contributed by atoms with E-state index in [9.17, 15) is 0 Å². The van der Waals surface area contributed by atoms with Gasteiger partial charge in [0.2, 0.25) is 0 Å². The van der Waals surface area contributed by atoms with E-state index in [-0.39, 0.29) is 11.5 Å². The zero-order valence-electron chi connectivity index (χ0n) is 10.4. The van der Waals surface area contributed by atoms with E-state index in [2.05, 4.69) is 44.8 Å². The first-order valence-electron chi connectivity index (χ1n) is 5.63. The second-order valence-corrected chi connectivity index (χ2v) is 6.05. The van der Waals surface area contributed by atoms with Crippen LogP contribution in [0.3, 0.4) is 0 Å². The predicted molar refractivity (Wildman–Crippen MR) is 73.0 cm³/mol. The molecule has 1 aromatic heterocycles. The van der Waals surface area contributed by atoms with Gasteiger partial charge in [0, 0.05) is 22.8 Å². The first kappa shape index (κ1) is 13.4. The number of hydrogen-bond donors (Lipinski definition) is 2. The smallest absolute Gasteiger partial charge is 0.0541 e. The molecular formula is C13H22N2S. The van der Waals surface area contributed by atoms with Crippen LogP contribution in [0.15, 0.2) is 24.8 Å². The lowest BCUT2D eigenvalue weighted by atomic mass is 9.95. The van der Waals surface area contributed by atoms with Crippen LogP contribution in [-0.2, 0) is 5.41 Å². The highest BCUT2D eigenvalue weighted by atomic mass is 32.1. The van der Waals surface area contributed by atoms with Crippen molar-refractivity contribution < 1.29 is 0 Å². The normalized spacial score (nSPS) is 13.8. The molecule has 0 radical (unpaired) electrons. The highest BCUT2D eigenvalue weighted by Gasteiger charge is 2.18. The predicted octanol–water partition coefficient (Wildman–Crippen LogP) is 2.82. The van der Waals surface area contributed by atoms with Crippen molar-refractivity contribution in [3.8, 4) is 0 Å². The van der Waals surface area contributed by atoms with Gasteiger partial charge in [-0.1, -0.05) is 26.8 Å². The van der Waals surface area contributed by atoms with E-state index < -0.39 is 0 Å². The van der Waals surface area contributed by atoms with Gasteiger partial charge in [0.25, 0.3) is 0 Å². The SMILES string of the molecule is C=CCNC(CN)c1ccc(C(C)(C)C)s1. The third-order valence-electron chi connectivity index (χ3n) is 2.45. The van der Waals surface area contributed by atoms with Crippen molar-refractivity contribution in [2.75, 3.05) is 13.1 Å². The van der Waals surface area contributed by atoms with Crippen molar-refractivity contribution in [3.63, 3.8) is 0 Å². The molecule has 1 rings (SSSR count). The molecular weight excluding hydrogens is 216 g/mol. The molecule has 0 fully saturated rings. The molecule has 0 saturated heterocycles. The second kappa shape index (κ2) is 5.62. The number of hydrogen-bond acceptors (Lipinski definition) is 3. The van der Waals surface area contributed by atoms with E-state index in [0.29, 0.717) is 6.54 Å². The molecule has 0 aliphatic heterocycles. The lowest BCUT2D eigenvalue weighted by molar-refractivity contribution is 0.586. The summed E-state index contributed by atoms with van der Waals surface area (Å²) in [7, 11) is 0. The fourth-order valence-corrected chi connectivity index (χ4v) is 2.62. The molecule has 1 atom stereocenters. The molecule has 0 aromatic carbocycles. The topological polar surface area (TPSA) is 38.0 Å². The van der Waals surface area contributed by atoms with Gasteiger partial charge >= 0.3 is 0 Å². The number of thiophene rings is 1. The fraction of sp³-hybridized carbons (Fsp3) is 0.538. The molecule has 0 saturated carbocycles. The summed E-state index contributed by atoms with van der Waals surface area (Å²) in [6, 6.07) is 4.64. The van der Waals surface area contributed by atoms with E-state index in [1.54, 1.807) is 0 Å². The maximum Gasteiger partial charge on any atom is 0.0541 e. The van der Waals surface area contributed by atoms with Crippen LogP contribution in [0.1, 0.15) is 36.6 Å². The minimum Gasteiger partial charge on any atom is -0.329 e. The van der Waals surface area contributed by atoms with Crippen molar-refractivity contribution >= 4 is 11.3 Å². The van der Waals surface area contributed by atoms with E-state index in [1.165, 1.54) is 9.75 Å². The Bertz CT molecular complexity index is 336. The van der Waals surface area contributed by atoms with Crippen molar-refractivity contribution in [2.24, 2.45) is 5.73 Å². The molecule has 90 valence electrons. The van der Waals surface area contributed by atoms with Gasteiger partial charge in [0.1, 0.15) is 0 Å². The summed E-state index contributed by atoms with van der Waals surface area (Å²) in [5.41, 5.74) is 6.00. The first-order chi connectivity index (χ1) is 7.49. The van der Waals surface area contributed by atoms with Gasteiger partial charge in [0.15, 0.2) is 0 Å². The molecule has 1 heterocycles. The third kappa shape index (κ3) is 3.44. The van der Waals surface area contributed by atoms with Crippen molar-refractivity contribution in [1.82, 2.24) is 5.32 Å². The fourth-order valence-electron chi connectivity index (χ4n) is 1.47. The molecule has 0 amide bonds. The minimum absolute atomic E-state index is 0.223. The first-order valence-corrected chi connectivity index (χ1v) is 6.45. The quantitative estimate of drug-likeness (QED) is 0.774. The number of rotatable bonds is 5. The zero-order chi connectivity index (χ0) is 12.2. The highest BCUT2D eigenvalue weighted by molar-refractivity contribution is 7.12.